The molecule has 1 aliphatic heterocycles. The molecule has 0 bridgehead atoms. The van der Waals surface area contributed by atoms with E-state index >= 15 is 0 Å². The predicted octanol–water partition coefficient (Wildman–Crippen LogP) is 2.72. The second-order valence-corrected chi connectivity index (χ2v) is 9.32. The first-order valence-electron chi connectivity index (χ1n) is 9.06. The highest BCUT2D eigenvalue weighted by molar-refractivity contribution is 7.89. The molecule has 156 valence electrons. The average molecular weight is 466 g/mol. The Hall–Kier alpha value is -2.46. The number of benzene rings is 2. The lowest BCUT2D eigenvalue weighted by Crippen LogP contribution is -2.50. The van der Waals surface area contributed by atoms with Crippen molar-refractivity contribution in [1.82, 2.24) is 24.0 Å². The fourth-order valence-electron chi connectivity index (χ4n) is 3.27. The molecule has 1 fully saturated rings. The van der Waals surface area contributed by atoms with Crippen molar-refractivity contribution in [2.45, 2.75) is 4.90 Å². The monoisotopic (exact) mass is 465 g/mol. The number of hydrogen-bond acceptors (Lipinski definition) is 5. The van der Waals surface area contributed by atoms with E-state index in [-0.39, 0.29) is 47.0 Å². The number of carbonyl (C=O) groups is 1. The van der Waals surface area contributed by atoms with Gasteiger partial charge in [-0.15, -0.1) is 0 Å². The maximum atomic E-state index is 13.0. The Morgan fingerprint density at radius 3 is 2.13 bits per heavy atom. The fourth-order valence-corrected chi connectivity index (χ4v) is 5.78. The predicted molar refractivity (Wildman–Crippen MR) is 112 cm³/mol. The van der Waals surface area contributed by atoms with Crippen molar-refractivity contribution < 1.29 is 13.2 Å². The Labute approximate surface area is 183 Å². The second-order valence-electron chi connectivity index (χ2n) is 6.63. The van der Waals surface area contributed by atoms with Crippen LogP contribution in [-0.2, 0) is 10.0 Å². The molecule has 0 radical (unpaired) electrons. The summed E-state index contributed by atoms with van der Waals surface area (Å²) in [5.41, 5.74) is 1.31. The Morgan fingerprint density at radius 1 is 0.933 bits per heavy atom. The normalized spacial score (nSPS) is 15.3. The summed E-state index contributed by atoms with van der Waals surface area (Å²) < 4.78 is 28.8. The maximum absolute atomic E-state index is 13.0. The topological polar surface area (TPSA) is 88.4 Å². The third-order valence-corrected chi connectivity index (χ3v) is 7.69. The molecule has 8 nitrogen and oxygen atoms in total. The van der Waals surface area contributed by atoms with Crippen LogP contribution in [0, 0.1) is 0 Å². The van der Waals surface area contributed by atoms with Crippen molar-refractivity contribution in [1.29, 1.82) is 0 Å². The maximum Gasteiger partial charge on any atom is 0.253 e. The SMILES string of the molecule is O=C(c1ccc(-n2cncn2)cc1)N1CCN(S(=O)(=O)c2c(Cl)cccc2Cl)CC1. The van der Waals surface area contributed by atoms with Gasteiger partial charge in [-0.25, -0.2) is 18.1 Å². The minimum atomic E-state index is -3.85. The fraction of sp³-hybridized carbons (Fsp3) is 0.211. The quantitative estimate of drug-likeness (QED) is 0.590. The van der Waals surface area contributed by atoms with Crippen LogP contribution in [0.4, 0.5) is 0 Å². The molecule has 2 aromatic carbocycles. The first-order valence-corrected chi connectivity index (χ1v) is 11.3. The smallest absolute Gasteiger partial charge is 0.253 e. The molecule has 1 saturated heterocycles. The first kappa shape index (κ1) is 20.8. The number of halogens is 2. The van der Waals surface area contributed by atoms with E-state index in [9.17, 15) is 13.2 Å². The van der Waals surface area contributed by atoms with Gasteiger partial charge in [0.1, 0.15) is 17.6 Å². The Balaban J connectivity index is 1.45. The number of sulfonamides is 1. The van der Waals surface area contributed by atoms with E-state index in [2.05, 4.69) is 10.1 Å². The molecule has 4 rings (SSSR count). The number of amides is 1. The van der Waals surface area contributed by atoms with Crippen LogP contribution < -0.4 is 0 Å². The highest BCUT2D eigenvalue weighted by Gasteiger charge is 2.33. The van der Waals surface area contributed by atoms with Gasteiger partial charge in [0.25, 0.3) is 5.91 Å². The molecule has 1 amide bonds. The zero-order chi connectivity index (χ0) is 21.3. The summed E-state index contributed by atoms with van der Waals surface area (Å²) in [6.45, 7) is 0.856. The highest BCUT2D eigenvalue weighted by Crippen LogP contribution is 2.32. The summed E-state index contributed by atoms with van der Waals surface area (Å²) >= 11 is 12.2. The van der Waals surface area contributed by atoms with Crippen molar-refractivity contribution in [3.05, 3.63) is 70.7 Å². The summed E-state index contributed by atoms with van der Waals surface area (Å²) in [6.07, 6.45) is 3.00. The summed E-state index contributed by atoms with van der Waals surface area (Å²) in [6, 6.07) is 11.6. The van der Waals surface area contributed by atoms with Gasteiger partial charge in [-0.05, 0) is 36.4 Å². The first-order chi connectivity index (χ1) is 14.4. The molecule has 30 heavy (non-hydrogen) atoms. The van der Waals surface area contributed by atoms with Crippen LogP contribution in [0.3, 0.4) is 0 Å². The Kier molecular flexibility index (Phi) is 5.79. The van der Waals surface area contributed by atoms with Gasteiger partial charge in [-0.1, -0.05) is 29.3 Å². The number of hydrogen-bond donors (Lipinski definition) is 0. The molecule has 3 aromatic rings. The Bertz CT molecular complexity index is 1140. The van der Waals surface area contributed by atoms with Crippen molar-refractivity contribution >= 4 is 39.1 Å². The molecule has 1 aromatic heterocycles. The summed E-state index contributed by atoms with van der Waals surface area (Å²) in [7, 11) is -3.85. The zero-order valence-corrected chi connectivity index (χ0v) is 18.0. The van der Waals surface area contributed by atoms with Crippen LogP contribution in [0.25, 0.3) is 5.69 Å². The molecule has 0 unspecified atom stereocenters. The zero-order valence-electron chi connectivity index (χ0n) is 15.6. The van der Waals surface area contributed by atoms with Crippen LogP contribution in [0.5, 0.6) is 0 Å². The molecule has 11 heteroatoms. The van der Waals surface area contributed by atoms with Crippen LogP contribution in [0.1, 0.15) is 10.4 Å². The van der Waals surface area contributed by atoms with E-state index in [1.54, 1.807) is 46.2 Å². The largest absolute Gasteiger partial charge is 0.336 e. The molecule has 1 aliphatic rings. The van der Waals surface area contributed by atoms with Gasteiger partial charge in [0.2, 0.25) is 10.0 Å². The molecular formula is C19H17Cl2N5O3S. The molecule has 0 spiro atoms. The van der Waals surface area contributed by atoms with Crippen LogP contribution in [-0.4, -0.2) is 64.5 Å². The molecule has 0 saturated carbocycles. The van der Waals surface area contributed by atoms with E-state index in [1.807, 2.05) is 0 Å². The van der Waals surface area contributed by atoms with Crippen molar-refractivity contribution in [2.24, 2.45) is 0 Å². The van der Waals surface area contributed by atoms with E-state index in [0.717, 1.165) is 5.69 Å². The van der Waals surface area contributed by atoms with E-state index in [4.69, 9.17) is 23.2 Å². The highest BCUT2D eigenvalue weighted by atomic mass is 35.5. The van der Waals surface area contributed by atoms with Gasteiger partial charge in [0, 0.05) is 31.7 Å². The molecular weight excluding hydrogens is 449 g/mol. The Morgan fingerprint density at radius 2 is 1.57 bits per heavy atom. The number of piperazine rings is 1. The second kappa shape index (κ2) is 8.35. The summed E-state index contributed by atoms with van der Waals surface area (Å²) in [5.74, 6) is -0.159. The van der Waals surface area contributed by atoms with Gasteiger partial charge in [-0.3, -0.25) is 4.79 Å². The van der Waals surface area contributed by atoms with Gasteiger partial charge in [0.15, 0.2) is 0 Å². The van der Waals surface area contributed by atoms with Crippen LogP contribution in [0.15, 0.2) is 60.0 Å². The standard InChI is InChI=1S/C19H17Cl2N5O3S/c20-16-2-1-3-17(21)18(16)30(28,29)25-10-8-24(9-11-25)19(27)14-4-6-15(7-5-14)26-13-22-12-23-26/h1-7,12-13H,8-11H2. The van der Waals surface area contributed by atoms with Gasteiger partial charge < -0.3 is 4.90 Å². The van der Waals surface area contributed by atoms with Gasteiger partial charge in [0.05, 0.1) is 15.7 Å². The lowest BCUT2D eigenvalue weighted by atomic mass is 10.1. The lowest BCUT2D eigenvalue weighted by molar-refractivity contribution is 0.0698. The molecule has 0 aliphatic carbocycles. The van der Waals surface area contributed by atoms with E-state index in [1.165, 1.54) is 22.8 Å². The van der Waals surface area contributed by atoms with Crippen LogP contribution in [0.2, 0.25) is 10.0 Å². The molecule has 2 heterocycles. The molecule has 0 atom stereocenters. The number of rotatable bonds is 4. The van der Waals surface area contributed by atoms with E-state index < -0.39 is 10.0 Å². The number of aromatic nitrogens is 3. The average Bonchev–Trinajstić information content (AvgIpc) is 3.28. The molecule has 0 N–H and O–H groups in total. The van der Waals surface area contributed by atoms with Gasteiger partial charge in [-0.2, -0.15) is 9.40 Å². The minimum Gasteiger partial charge on any atom is -0.336 e. The van der Waals surface area contributed by atoms with Crippen molar-refractivity contribution in [2.75, 3.05) is 26.2 Å². The van der Waals surface area contributed by atoms with Gasteiger partial charge >= 0.3 is 0 Å². The lowest BCUT2D eigenvalue weighted by Gasteiger charge is -2.34. The third kappa shape index (κ3) is 3.93. The summed E-state index contributed by atoms with van der Waals surface area (Å²) in [5, 5.41) is 4.20. The third-order valence-electron chi connectivity index (χ3n) is 4.84. The summed E-state index contributed by atoms with van der Waals surface area (Å²) in [4.78, 5) is 18.2. The minimum absolute atomic E-state index is 0.0773. The van der Waals surface area contributed by atoms with Crippen LogP contribution >= 0.6 is 23.2 Å². The van der Waals surface area contributed by atoms with Crippen molar-refractivity contribution in [3.63, 3.8) is 0 Å². The number of nitrogens with zero attached hydrogens (tertiary/aromatic N) is 5. The van der Waals surface area contributed by atoms with E-state index in [0.29, 0.717) is 5.56 Å². The number of carbonyl (C=O) groups excluding carboxylic acids is 1. The van der Waals surface area contributed by atoms with Crippen molar-refractivity contribution in [3.8, 4) is 5.69 Å².